The van der Waals surface area contributed by atoms with Gasteiger partial charge in [-0.1, -0.05) is 6.92 Å². The highest BCUT2D eigenvalue weighted by Gasteiger charge is 2.35. The van der Waals surface area contributed by atoms with Crippen molar-refractivity contribution >= 4 is 11.8 Å². The van der Waals surface area contributed by atoms with E-state index in [9.17, 15) is 9.59 Å². The quantitative estimate of drug-likeness (QED) is 0.438. The molecule has 2 atom stereocenters. The summed E-state index contributed by atoms with van der Waals surface area (Å²) in [6.45, 7) is 1.93. The van der Waals surface area contributed by atoms with Crippen molar-refractivity contribution in [2.75, 3.05) is 7.11 Å². The lowest BCUT2D eigenvalue weighted by atomic mass is 9.79. The molecule has 12 heavy (non-hydrogen) atoms. The molecule has 1 unspecified atom stereocenters. The van der Waals surface area contributed by atoms with Gasteiger partial charge < -0.3 is 4.74 Å². The van der Waals surface area contributed by atoms with Crippen LogP contribution in [0.5, 0.6) is 0 Å². The van der Waals surface area contributed by atoms with Crippen LogP contribution in [-0.2, 0) is 14.3 Å². The van der Waals surface area contributed by atoms with E-state index in [2.05, 4.69) is 4.74 Å². The number of methoxy groups -OCH3 is 1. The van der Waals surface area contributed by atoms with Crippen LogP contribution in [0.25, 0.3) is 0 Å². The standard InChI is InChI=1S/C9H14O3/c1-6-4-3-5-7(10)8(6)9(11)12-2/h6,8H,3-5H2,1-2H3/t6-,8?/m1/s1. The smallest absolute Gasteiger partial charge is 0.316 e. The minimum atomic E-state index is -0.497. The average Bonchev–Trinajstić information content (AvgIpc) is 2.03. The van der Waals surface area contributed by atoms with Gasteiger partial charge in [0.2, 0.25) is 0 Å². The highest BCUT2D eigenvalue weighted by atomic mass is 16.5. The second-order valence-electron chi connectivity index (χ2n) is 3.34. The van der Waals surface area contributed by atoms with E-state index in [1.54, 1.807) is 0 Å². The van der Waals surface area contributed by atoms with E-state index in [1.807, 2.05) is 6.92 Å². The third kappa shape index (κ3) is 1.65. The molecule has 3 heteroatoms. The number of carbonyl (C=O) groups excluding carboxylic acids is 2. The molecule has 0 radical (unpaired) electrons. The van der Waals surface area contributed by atoms with Crippen LogP contribution in [0.2, 0.25) is 0 Å². The highest BCUT2D eigenvalue weighted by Crippen LogP contribution is 2.27. The maximum absolute atomic E-state index is 11.3. The van der Waals surface area contributed by atoms with E-state index in [4.69, 9.17) is 0 Å². The molecule has 1 aliphatic carbocycles. The summed E-state index contributed by atoms with van der Waals surface area (Å²) < 4.78 is 4.57. The van der Waals surface area contributed by atoms with Crippen LogP contribution in [0.1, 0.15) is 26.2 Å². The summed E-state index contributed by atoms with van der Waals surface area (Å²) in [6.07, 6.45) is 2.39. The summed E-state index contributed by atoms with van der Waals surface area (Å²) in [5.41, 5.74) is 0. The molecule has 0 amide bonds. The Kier molecular flexibility index (Phi) is 2.84. The zero-order valence-electron chi connectivity index (χ0n) is 7.50. The first-order chi connectivity index (χ1) is 5.66. The largest absolute Gasteiger partial charge is 0.468 e. The molecule has 3 nitrogen and oxygen atoms in total. The lowest BCUT2D eigenvalue weighted by Crippen LogP contribution is -2.34. The van der Waals surface area contributed by atoms with Crippen molar-refractivity contribution in [2.24, 2.45) is 11.8 Å². The molecule has 0 aromatic heterocycles. The molecule has 0 N–H and O–H groups in total. The Morgan fingerprint density at radius 3 is 2.75 bits per heavy atom. The third-order valence-corrected chi connectivity index (χ3v) is 2.45. The molecule has 0 aromatic rings. The van der Waals surface area contributed by atoms with Gasteiger partial charge in [0.05, 0.1) is 7.11 Å². The summed E-state index contributed by atoms with van der Waals surface area (Å²) in [5.74, 6) is -0.671. The van der Waals surface area contributed by atoms with Gasteiger partial charge in [-0.15, -0.1) is 0 Å². The normalized spacial score (nSPS) is 30.0. The summed E-state index contributed by atoms with van der Waals surface area (Å²) in [7, 11) is 1.33. The average molecular weight is 170 g/mol. The Labute approximate surface area is 72.1 Å². The van der Waals surface area contributed by atoms with E-state index < -0.39 is 5.92 Å². The van der Waals surface area contributed by atoms with Crippen molar-refractivity contribution in [3.05, 3.63) is 0 Å². The van der Waals surface area contributed by atoms with E-state index >= 15 is 0 Å². The predicted molar refractivity (Wildman–Crippen MR) is 43.5 cm³/mol. The molecule has 1 fully saturated rings. The molecular weight excluding hydrogens is 156 g/mol. The lowest BCUT2D eigenvalue weighted by molar-refractivity contribution is -0.152. The lowest BCUT2D eigenvalue weighted by Gasteiger charge is -2.24. The molecule has 0 aliphatic heterocycles. The SMILES string of the molecule is COC(=O)C1C(=O)CCC[C@H]1C. The molecular formula is C9H14O3. The summed E-state index contributed by atoms with van der Waals surface area (Å²) >= 11 is 0. The maximum atomic E-state index is 11.3. The van der Waals surface area contributed by atoms with Gasteiger partial charge >= 0.3 is 5.97 Å². The first-order valence-electron chi connectivity index (χ1n) is 4.27. The fraction of sp³-hybridized carbons (Fsp3) is 0.778. The molecule has 1 rings (SSSR count). The Hall–Kier alpha value is -0.860. The maximum Gasteiger partial charge on any atom is 0.316 e. The number of ether oxygens (including phenoxy) is 1. The molecule has 1 saturated carbocycles. The first kappa shape index (κ1) is 9.23. The fourth-order valence-electron chi connectivity index (χ4n) is 1.73. The number of esters is 1. The van der Waals surface area contributed by atoms with E-state index in [0.29, 0.717) is 6.42 Å². The van der Waals surface area contributed by atoms with Gasteiger partial charge in [-0.05, 0) is 18.8 Å². The first-order valence-corrected chi connectivity index (χ1v) is 4.27. The van der Waals surface area contributed by atoms with Crippen molar-refractivity contribution in [3.8, 4) is 0 Å². The second kappa shape index (κ2) is 3.70. The van der Waals surface area contributed by atoms with Gasteiger partial charge in [0.1, 0.15) is 11.7 Å². The number of hydrogen-bond acceptors (Lipinski definition) is 3. The summed E-state index contributed by atoms with van der Waals surface area (Å²) in [4.78, 5) is 22.4. The number of carbonyl (C=O) groups is 2. The molecule has 0 saturated heterocycles. The van der Waals surface area contributed by atoms with Crippen LogP contribution in [0, 0.1) is 11.8 Å². The summed E-state index contributed by atoms with van der Waals surface area (Å²) in [6, 6.07) is 0. The van der Waals surface area contributed by atoms with Gasteiger partial charge in [0.15, 0.2) is 0 Å². The van der Waals surface area contributed by atoms with Crippen molar-refractivity contribution in [3.63, 3.8) is 0 Å². The molecule has 0 bridgehead atoms. The molecule has 68 valence electrons. The van der Waals surface area contributed by atoms with E-state index in [0.717, 1.165) is 12.8 Å². The number of Topliss-reactive ketones (excluding diaryl/α,β-unsaturated/α-hetero) is 1. The van der Waals surface area contributed by atoms with Crippen molar-refractivity contribution < 1.29 is 14.3 Å². The number of hydrogen-bond donors (Lipinski definition) is 0. The Morgan fingerprint density at radius 1 is 1.58 bits per heavy atom. The Bertz CT molecular complexity index is 190. The highest BCUT2D eigenvalue weighted by molar-refractivity contribution is 5.99. The Balaban J connectivity index is 2.69. The number of ketones is 1. The van der Waals surface area contributed by atoms with Crippen LogP contribution in [0.3, 0.4) is 0 Å². The zero-order valence-corrected chi connectivity index (χ0v) is 7.50. The van der Waals surface area contributed by atoms with Crippen molar-refractivity contribution in [2.45, 2.75) is 26.2 Å². The van der Waals surface area contributed by atoms with Crippen molar-refractivity contribution in [1.82, 2.24) is 0 Å². The van der Waals surface area contributed by atoms with Crippen molar-refractivity contribution in [1.29, 1.82) is 0 Å². The number of rotatable bonds is 1. The molecule has 0 spiro atoms. The van der Waals surface area contributed by atoms with Crippen LogP contribution < -0.4 is 0 Å². The topological polar surface area (TPSA) is 43.4 Å². The second-order valence-corrected chi connectivity index (χ2v) is 3.34. The molecule has 1 aliphatic rings. The van der Waals surface area contributed by atoms with E-state index in [-0.39, 0.29) is 17.7 Å². The van der Waals surface area contributed by atoms with Crippen LogP contribution in [0.4, 0.5) is 0 Å². The molecule has 0 aromatic carbocycles. The Morgan fingerprint density at radius 2 is 2.25 bits per heavy atom. The zero-order chi connectivity index (χ0) is 9.14. The van der Waals surface area contributed by atoms with Crippen LogP contribution in [0.15, 0.2) is 0 Å². The van der Waals surface area contributed by atoms with Gasteiger partial charge in [-0.3, -0.25) is 9.59 Å². The third-order valence-electron chi connectivity index (χ3n) is 2.45. The minimum Gasteiger partial charge on any atom is -0.468 e. The summed E-state index contributed by atoms with van der Waals surface area (Å²) in [5, 5.41) is 0. The van der Waals surface area contributed by atoms with Gasteiger partial charge in [-0.25, -0.2) is 0 Å². The predicted octanol–water partition coefficient (Wildman–Crippen LogP) is 1.16. The monoisotopic (exact) mass is 170 g/mol. The van der Waals surface area contributed by atoms with Gasteiger partial charge in [0.25, 0.3) is 0 Å². The molecule has 0 heterocycles. The van der Waals surface area contributed by atoms with Gasteiger partial charge in [-0.2, -0.15) is 0 Å². The minimum absolute atomic E-state index is 0.0422. The van der Waals surface area contributed by atoms with Gasteiger partial charge in [0, 0.05) is 6.42 Å². The van der Waals surface area contributed by atoms with Crippen LogP contribution in [-0.4, -0.2) is 18.9 Å². The van der Waals surface area contributed by atoms with E-state index in [1.165, 1.54) is 7.11 Å². The fourth-order valence-corrected chi connectivity index (χ4v) is 1.73. The van der Waals surface area contributed by atoms with Crippen LogP contribution >= 0.6 is 0 Å².